The maximum atomic E-state index is 10.7. The molecule has 1 rings (SSSR count). The lowest BCUT2D eigenvalue weighted by molar-refractivity contribution is -0.121. The van der Waals surface area contributed by atoms with Gasteiger partial charge in [0.05, 0.1) is 0 Å². The molecule has 0 aliphatic heterocycles. The van der Waals surface area contributed by atoms with Crippen LogP contribution >= 0.6 is 0 Å². The van der Waals surface area contributed by atoms with Crippen molar-refractivity contribution in [3.63, 3.8) is 0 Å². The van der Waals surface area contributed by atoms with Crippen LogP contribution in [0.4, 0.5) is 0 Å². The maximum absolute atomic E-state index is 10.7. The number of carbonyl (C=O) groups is 1. The van der Waals surface area contributed by atoms with Gasteiger partial charge >= 0.3 is 0 Å². The highest BCUT2D eigenvalue weighted by molar-refractivity contribution is 5.76. The van der Waals surface area contributed by atoms with E-state index in [9.17, 15) is 4.79 Å². The summed E-state index contributed by atoms with van der Waals surface area (Å²) in [6.45, 7) is 1.84. The molecule has 0 spiro atoms. The third-order valence-electron chi connectivity index (χ3n) is 1.87. The summed E-state index contributed by atoms with van der Waals surface area (Å²) >= 11 is 0. The van der Waals surface area contributed by atoms with Gasteiger partial charge in [-0.25, -0.2) is 0 Å². The summed E-state index contributed by atoms with van der Waals surface area (Å²) in [5.74, 6) is -0.314. The first-order chi connectivity index (χ1) is 5.70. The normalized spacial score (nSPS) is 12.4. The van der Waals surface area contributed by atoms with Crippen molar-refractivity contribution in [2.45, 2.75) is 13.3 Å². The SMILES string of the molecule is CC(Cc1ccccc1)C(N)=O. The van der Waals surface area contributed by atoms with Crippen molar-refractivity contribution in [1.82, 2.24) is 0 Å². The molecule has 1 aromatic carbocycles. The summed E-state index contributed by atoms with van der Waals surface area (Å²) in [7, 11) is 0. The fourth-order valence-electron chi connectivity index (χ4n) is 1.07. The van der Waals surface area contributed by atoms with Gasteiger partial charge in [-0.2, -0.15) is 0 Å². The number of hydrogen-bond acceptors (Lipinski definition) is 1. The van der Waals surface area contributed by atoms with Gasteiger partial charge in [0.15, 0.2) is 0 Å². The second-order valence-corrected chi connectivity index (χ2v) is 2.99. The molecule has 0 saturated carbocycles. The van der Waals surface area contributed by atoms with E-state index in [1.165, 1.54) is 0 Å². The van der Waals surface area contributed by atoms with Crippen LogP contribution in [0, 0.1) is 5.92 Å². The van der Waals surface area contributed by atoms with Gasteiger partial charge in [-0.3, -0.25) is 4.79 Å². The Morgan fingerprint density at radius 2 is 2.00 bits per heavy atom. The molecule has 12 heavy (non-hydrogen) atoms. The van der Waals surface area contributed by atoms with Crippen LogP contribution in [0.5, 0.6) is 0 Å². The van der Waals surface area contributed by atoms with Crippen molar-refractivity contribution in [3.8, 4) is 0 Å². The molecular weight excluding hydrogens is 150 g/mol. The van der Waals surface area contributed by atoms with Crippen LogP contribution in [-0.2, 0) is 11.2 Å². The molecule has 0 aromatic heterocycles. The van der Waals surface area contributed by atoms with E-state index in [1.54, 1.807) is 0 Å². The molecule has 0 aliphatic rings. The smallest absolute Gasteiger partial charge is 0.220 e. The van der Waals surface area contributed by atoms with E-state index >= 15 is 0 Å². The molecule has 1 aromatic rings. The molecule has 0 bridgehead atoms. The molecule has 0 fully saturated rings. The average Bonchev–Trinajstić information content (AvgIpc) is 2.06. The van der Waals surface area contributed by atoms with E-state index in [4.69, 9.17) is 5.73 Å². The summed E-state index contributed by atoms with van der Waals surface area (Å²) in [5.41, 5.74) is 6.30. The third kappa shape index (κ3) is 2.38. The van der Waals surface area contributed by atoms with Gasteiger partial charge in [-0.1, -0.05) is 37.3 Å². The van der Waals surface area contributed by atoms with Gasteiger partial charge < -0.3 is 5.73 Å². The van der Waals surface area contributed by atoms with E-state index in [2.05, 4.69) is 0 Å². The minimum atomic E-state index is -0.237. The molecule has 0 radical (unpaired) electrons. The van der Waals surface area contributed by atoms with Crippen LogP contribution in [-0.4, -0.2) is 5.91 Å². The molecule has 1 amide bonds. The van der Waals surface area contributed by atoms with Crippen molar-refractivity contribution >= 4 is 5.91 Å². The molecule has 1 unspecified atom stereocenters. The predicted octanol–water partition coefficient (Wildman–Crippen LogP) is 1.35. The summed E-state index contributed by atoms with van der Waals surface area (Å²) < 4.78 is 0. The van der Waals surface area contributed by atoms with Crippen LogP contribution in [0.25, 0.3) is 0 Å². The zero-order valence-corrected chi connectivity index (χ0v) is 7.16. The number of rotatable bonds is 3. The molecule has 64 valence electrons. The molecule has 2 heteroatoms. The monoisotopic (exact) mass is 163 g/mol. The first-order valence-electron chi connectivity index (χ1n) is 4.03. The minimum Gasteiger partial charge on any atom is -0.369 e. The second kappa shape index (κ2) is 3.90. The van der Waals surface area contributed by atoms with Crippen molar-refractivity contribution in [2.75, 3.05) is 0 Å². The lowest BCUT2D eigenvalue weighted by atomic mass is 10.0. The fourth-order valence-corrected chi connectivity index (χ4v) is 1.07. The third-order valence-corrected chi connectivity index (χ3v) is 1.87. The van der Waals surface area contributed by atoms with Gasteiger partial charge in [0.1, 0.15) is 0 Å². The molecule has 0 aliphatic carbocycles. The topological polar surface area (TPSA) is 43.1 Å². The largest absolute Gasteiger partial charge is 0.369 e. The van der Waals surface area contributed by atoms with Crippen LogP contribution in [0.15, 0.2) is 30.3 Å². The van der Waals surface area contributed by atoms with Gasteiger partial charge in [0.2, 0.25) is 5.91 Å². The Balaban J connectivity index is 2.58. The highest BCUT2D eigenvalue weighted by Gasteiger charge is 2.08. The predicted molar refractivity (Wildman–Crippen MR) is 48.5 cm³/mol. The number of nitrogens with two attached hydrogens (primary N) is 1. The number of benzene rings is 1. The van der Waals surface area contributed by atoms with E-state index in [-0.39, 0.29) is 11.8 Å². The van der Waals surface area contributed by atoms with E-state index in [0.717, 1.165) is 12.0 Å². The summed E-state index contributed by atoms with van der Waals surface area (Å²) in [6.07, 6.45) is 0.732. The number of primary amides is 1. The van der Waals surface area contributed by atoms with Crippen LogP contribution < -0.4 is 5.73 Å². The summed E-state index contributed by atoms with van der Waals surface area (Å²) in [5, 5.41) is 0. The Hall–Kier alpha value is -1.31. The molecular formula is C10H13NO. The molecule has 2 nitrogen and oxygen atoms in total. The highest BCUT2D eigenvalue weighted by Crippen LogP contribution is 2.06. The van der Waals surface area contributed by atoms with Gasteiger partial charge in [-0.05, 0) is 12.0 Å². The van der Waals surface area contributed by atoms with Crippen molar-refractivity contribution in [1.29, 1.82) is 0 Å². The van der Waals surface area contributed by atoms with E-state index < -0.39 is 0 Å². The quantitative estimate of drug-likeness (QED) is 0.718. The zero-order chi connectivity index (χ0) is 8.97. The van der Waals surface area contributed by atoms with Gasteiger partial charge in [-0.15, -0.1) is 0 Å². The van der Waals surface area contributed by atoms with Gasteiger partial charge in [0, 0.05) is 5.92 Å². The highest BCUT2D eigenvalue weighted by atomic mass is 16.1. The van der Waals surface area contributed by atoms with Crippen LogP contribution in [0.3, 0.4) is 0 Å². The average molecular weight is 163 g/mol. The Morgan fingerprint density at radius 3 is 2.50 bits per heavy atom. The van der Waals surface area contributed by atoms with E-state index in [1.807, 2.05) is 37.3 Å². The number of carbonyl (C=O) groups excluding carboxylic acids is 1. The lowest BCUT2D eigenvalue weighted by Gasteiger charge is -2.05. The van der Waals surface area contributed by atoms with Crippen LogP contribution in [0.1, 0.15) is 12.5 Å². The van der Waals surface area contributed by atoms with Gasteiger partial charge in [0.25, 0.3) is 0 Å². The Morgan fingerprint density at radius 1 is 1.42 bits per heavy atom. The number of amides is 1. The Kier molecular flexibility index (Phi) is 2.86. The zero-order valence-electron chi connectivity index (χ0n) is 7.16. The van der Waals surface area contributed by atoms with Crippen molar-refractivity contribution < 1.29 is 4.79 Å². The molecule has 0 saturated heterocycles. The molecule has 0 heterocycles. The lowest BCUT2D eigenvalue weighted by Crippen LogP contribution is -2.22. The number of hydrogen-bond donors (Lipinski definition) is 1. The van der Waals surface area contributed by atoms with E-state index in [0.29, 0.717) is 0 Å². The first-order valence-corrected chi connectivity index (χ1v) is 4.03. The molecule has 1 atom stereocenters. The Bertz CT molecular complexity index is 256. The second-order valence-electron chi connectivity index (χ2n) is 2.99. The first kappa shape index (κ1) is 8.78. The fraction of sp³-hybridized carbons (Fsp3) is 0.300. The maximum Gasteiger partial charge on any atom is 0.220 e. The minimum absolute atomic E-state index is 0.0765. The van der Waals surface area contributed by atoms with Crippen LogP contribution in [0.2, 0.25) is 0 Å². The van der Waals surface area contributed by atoms with Crippen molar-refractivity contribution in [2.24, 2.45) is 11.7 Å². The molecule has 2 N–H and O–H groups in total. The van der Waals surface area contributed by atoms with Crippen molar-refractivity contribution in [3.05, 3.63) is 35.9 Å². The standard InChI is InChI=1S/C10H13NO/c1-8(10(11)12)7-9-5-3-2-4-6-9/h2-6,8H,7H2,1H3,(H2,11,12). The Labute approximate surface area is 72.4 Å². The summed E-state index contributed by atoms with van der Waals surface area (Å²) in [4.78, 5) is 10.7. The summed E-state index contributed by atoms with van der Waals surface area (Å²) in [6, 6.07) is 9.88.